The predicted octanol–water partition coefficient (Wildman–Crippen LogP) is 6.14. The molecule has 0 aliphatic rings. The van der Waals surface area contributed by atoms with Crippen LogP contribution in [0, 0.1) is 17.0 Å². The van der Waals surface area contributed by atoms with E-state index in [1.165, 1.54) is 23.9 Å². The van der Waals surface area contributed by atoms with Crippen molar-refractivity contribution >= 4 is 40.6 Å². The molecule has 7 nitrogen and oxygen atoms in total. The molecule has 0 saturated carbocycles. The maximum Gasteiger partial charge on any atom is 0.270 e. The lowest BCUT2D eigenvalue weighted by atomic mass is 10.1. The van der Waals surface area contributed by atoms with E-state index < -0.39 is 4.92 Å². The van der Waals surface area contributed by atoms with E-state index in [4.69, 9.17) is 11.6 Å². The van der Waals surface area contributed by atoms with Crippen LogP contribution < -0.4 is 5.32 Å². The Balaban J connectivity index is 1.64. The number of halogens is 1. The number of rotatable bonds is 7. The van der Waals surface area contributed by atoms with Crippen molar-refractivity contribution in [2.75, 3.05) is 11.1 Å². The quantitative estimate of drug-likeness (QED) is 0.196. The number of nitro groups is 1. The largest absolute Gasteiger partial charge is 0.325 e. The third-order valence-corrected chi connectivity index (χ3v) is 6.00. The number of carbonyl (C=O) groups excluding carboxylic acids is 1. The number of carbonyl (C=O) groups is 1. The molecule has 4 aromatic rings. The average Bonchev–Trinajstić information content (AvgIpc) is 3.22. The Morgan fingerprint density at radius 2 is 1.88 bits per heavy atom. The molecule has 0 aliphatic heterocycles. The van der Waals surface area contributed by atoms with Gasteiger partial charge in [0.05, 0.1) is 22.6 Å². The molecule has 0 unspecified atom stereocenters. The number of hydrogen-bond acceptors (Lipinski definition) is 5. The van der Waals surface area contributed by atoms with Gasteiger partial charge in [-0.25, -0.2) is 4.98 Å². The van der Waals surface area contributed by atoms with Gasteiger partial charge in [-0.1, -0.05) is 59.3 Å². The molecule has 1 N–H and O–H groups in total. The first-order valence-electron chi connectivity index (χ1n) is 9.98. The lowest BCUT2D eigenvalue weighted by Crippen LogP contribution is -2.14. The van der Waals surface area contributed by atoms with Crippen LogP contribution in [0.2, 0.25) is 5.02 Å². The molecule has 9 heteroatoms. The molecule has 1 amide bonds. The fourth-order valence-electron chi connectivity index (χ4n) is 3.26. The van der Waals surface area contributed by atoms with E-state index >= 15 is 0 Å². The Morgan fingerprint density at radius 3 is 2.61 bits per heavy atom. The van der Waals surface area contributed by atoms with Crippen molar-refractivity contribution in [2.24, 2.45) is 0 Å². The number of aryl methyl sites for hydroxylation is 1. The Kier molecular flexibility index (Phi) is 6.76. The number of benzene rings is 3. The van der Waals surface area contributed by atoms with Crippen LogP contribution in [-0.4, -0.2) is 26.1 Å². The summed E-state index contributed by atoms with van der Waals surface area (Å²) in [5, 5.41) is 15.2. The van der Waals surface area contributed by atoms with Crippen LogP contribution in [0.3, 0.4) is 0 Å². The molecular weight excluding hydrogens is 460 g/mol. The summed E-state index contributed by atoms with van der Waals surface area (Å²) in [7, 11) is 0. The van der Waals surface area contributed by atoms with E-state index in [2.05, 4.69) is 10.3 Å². The second-order valence-electron chi connectivity index (χ2n) is 7.25. The van der Waals surface area contributed by atoms with Crippen LogP contribution in [0.1, 0.15) is 5.56 Å². The third-order valence-electron chi connectivity index (χ3n) is 4.82. The van der Waals surface area contributed by atoms with Gasteiger partial charge in [-0.05, 0) is 37.3 Å². The number of anilines is 1. The van der Waals surface area contributed by atoms with E-state index in [9.17, 15) is 14.9 Å². The normalized spacial score (nSPS) is 10.7. The number of non-ortho nitro benzene ring substituents is 1. The summed E-state index contributed by atoms with van der Waals surface area (Å²) in [5.74, 6) is -0.0679. The Bertz CT molecular complexity index is 1320. The van der Waals surface area contributed by atoms with Gasteiger partial charge in [0.15, 0.2) is 5.16 Å². The summed E-state index contributed by atoms with van der Waals surface area (Å²) < 4.78 is 1.90. The van der Waals surface area contributed by atoms with E-state index in [-0.39, 0.29) is 17.3 Å². The number of hydrogen-bond donors (Lipinski definition) is 1. The van der Waals surface area contributed by atoms with Crippen LogP contribution in [0.15, 0.2) is 84.1 Å². The smallest absolute Gasteiger partial charge is 0.270 e. The second-order valence-corrected chi connectivity index (χ2v) is 8.63. The zero-order chi connectivity index (χ0) is 23.4. The van der Waals surface area contributed by atoms with Crippen LogP contribution in [0.5, 0.6) is 0 Å². The molecule has 0 saturated heterocycles. The Labute approximate surface area is 199 Å². The molecule has 166 valence electrons. The van der Waals surface area contributed by atoms with Crippen molar-refractivity contribution in [3.8, 4) is 16.9 Å². The highest BCUT2D eigenvalue weighted by Gasteiger charge is 2.17. The first kappa shape index (κ1) is 22.6. The highest BCUT2D eigenvalue weighted by atomic mass is 35.5. The fraction of sp³-hybridized carbons (Fsp3) is 0.0833. The highest BCUT2D eigenvalue weighted by molar-refractivity contribution is 7.99. The summed E-state index contributed by atoms with van der Waals surface area (Å²) >= 11 is 7.26. The van der Waals surface area contributed by atoms with E-state index in [1.807, 2.05) is 35.8 Å². The minimum absolute atomic E-state index is 0.000686. The Morgan fingerprint density at radius 1 is 1.12 bits per heavy atom. The van der Waals surface area contributed by atoms with E-state index in [1.54, 1.807) is 42.6 Å². The van der Waals surface area contributed by atoms with Gasteiger partial charge in [0.2, 0.25) is 5.91 Å². The monoisotopic (exact) mass is 478 g/mol. The molecule has 0 fully saturated rings. The van der Waals surface area contributed by atoms with Crippen LogP contribution >= 0.6 is 23.4 Å². The van der Waals surface area contributed by atoms with E-state index in [0.717, 1.165) is 11.3 Å². The number of nitro benzene ring substituents is 1. The molecule has 4 rings (SSSR count). The van der Waals surface area contributed by atoms with Crippen molar-refractivity contribution in [3.63, 3.8) is 0 Å². The van der Waals surface area contributed by atoms with Crippen molar-refractivity contribution in [2.45, 2.75) is 12.1 Å². The van der Waals surface area contributed by atoms with Gasteiger partial charge in [0, 0.05) is 34.1 Å². The van der Waals surface area contributed by atoms with Crippen molar-refractivity contribution in [1.29, 1.82) is 0 Å². The number of nitrogens with zero attached hydrogens (tertiary/aromatic N) is 3. The van der Waals surface area contributed by atoms with Crippen LogP contribution in [0.4, 0.5) is 11.4 Å². The zero-order valence-electron chi connectivity index (χ0n) is 17.6. The lowest BCUT2D eigenvalue weighted by Gasteiger charge is -2.12. The highest BCUT2D eigenvalue weighted by Crippen LogP contribution is 2.31. The van der Waals surface area contributed by atoms with Gasteiger partial charge < -0.3 is 5.32 Å². The van der Waals surface area contributed by atoms with E-state index in [0.29, 0.717) is 27.1 Å². The van der Waals surface area contributed by atoms with Gasteiger partial charge in [0.1, 0.15) is 0 Å². The molecule has 3 aromatic carbocycles. The summed E-state index contributed by atoms with van der Waals surface area (Å²) in [5.41, 5.74) is 3.92. The summed E-state index contributed by atoms with van der Waals surface area (Å²) in [4.78, 5) is 27.8. The zero-order valence-corrected chi connectivity index (χ0v) is 19.1. The topological polar surface area (TPSA) is 90.1 Å². The number of imidazole rings is 1. The van der Waals surface area contributed by atoms with Gasteiger partial charge in [0.25, 0.3) is 5.69 Å². The standard InChI is InChI=1S/C24H19ClN4O3S/c1-16-8-10-20(11-9-16)28-22(17-4-2-7-21(12-17)29(31)32)14-26-24(28)33-15-23(30)27-19-6-3-5-18(25)13-19/h2-14H,15H2,1H3,(H,27,30). The van der Waals surface area contributed by atoms with Crippen molar-refractivity contribution in [1.82, 2.24) is 9.55 Å². The molecule has 0 aliphatic carbocycles. The molecule has 0 atom stereocenters. The summed E-state index contributed by atoms with van der Waals surface area (Å²) in [6, 6.07) is 21.2. The maximum atomic E-state index is 12.5. The van der Waals surface area contributed by atoms with Crippen LogP contribution in [-0.2, 0) is 4.79 Å². The molecule has 0 radical (unpaired) electrons. The van der Waals surface area contributed by atoms with Gasteiger partial charge in [-0.15, -0.1) is 0 Å². The van der Waals surface area contributed by atoms with Crippen LogP contribution in [0.25, 0.3) is 16.9 Å². The summed E-state index contributed by atoms with van der Waals surface area (Å²) in [6.07, 6.45) is 1.66. The second kappa shape index (κ2) is 9.89. The molecule has 1 aromatic heterocycles. The number of aromatic nitrogens is 2. The molecule has 0 spiro atoms. The lowest BCUT2D eigenvalue weighted by molar-refractivity contribution is -0.384. The fourth-order valence-corrected chi connectivity index (χ4v) is 4.24. The molecular formula is C24H19ClN4O3S. The van der Waals surface area contributed by atoms with Crippen molar-refractivity contribution in [3.05, 3.63) is 99.7 Å². The van der Waals surface area contributed by atoms with Gasteiger partial charge in [-0.2, -0.15) is 0 Å². The maximum absolute atomic E-state index is 12.5. The minimum atomic E-state index is -0.425. The predicted molar refractivity (Wildman–Crippen MR) is 131 cm³/mol. The van der Waals surface area contributed by atoms with Gasteiger partial charge >= 0.3 is 0 Å². The first-order chi connectivity index (χ1) is 15.9. The SMILES string of the molecule is Cc1ccc(-n2c(-c3cccc([N+](=O)[O-])c3)cnc2SCC(=O)Nc2cccc(Cl)c2)cc1. The average molecular weight is 479 g/mol. The number of amides is 1. The first-order valence-corrected chi connectivity index (χ1v) is 11.3. The molecule has 33 heavy (non-hydrogen) atoms. The third kappa shape index (κ3) is 5.42. The molecule has 1 heterocycles. The number of thioether (sulfide) groups is 1. The Hall–Kier alpha value is -3.62. The number of nitrogens with one attached hydrogen (secondary N) is 1. The van der Waals surface area contributed by atoms with Gasteiger partial charge in [-0.3, -0.25) is 19.5 Å². The summed E-state index contributed by atoms with van der Waals surface area (Å²) in [6.45, 7) is 2.00. The van der Waals surface area contributed by atoms with Crippen molar-refractivity contribution < 1.29 is 9.72 Å². The minimum Gasteiger partial charge on any atom is -0.325 e. The molecule has 0 bridgehead atoms.